The highest BCUT2D eigenvalue weighted by atomic mass is 35.5. The third-order valence-corrected chi connectivity index (χ3v) is 3.21. The first-order valence-corrected chi connectivity index (χ1v) is 6.70. The lowest BCUT2D eigenvalue weighted by Crippen LogP contribution is -2.40. The van der Waals surface area contributed by atoms with Crippen LogP contribution in [0.15, 0.2) is 48.5 Å². The largest absolute Gasteiger partial charge is 0.367 e. The molecule has 2 N–H and O–H groups in total. The van der Waals surface area contributed by atoms with Gasteiger partial charge in [-0.3, -0.25) is 9.59 Å². The molecular weight excluding hydrogens is 290 g/mol. The maximum absolute atomic E-state index is 12.0. The van der Waals surface area contributed by atoms with Crippen LogP contribution in [0.4, 0.5) is 0 Å². The molecule has 2 aromatic rings. The molecule has 108 valence electrons. The van der Waals surface area contributed by atoms with Gasteiger partial charge in [0.1, 0.15) is 0 Å². The number of hydrogen-bond donors (Lipinski definition) is 2. The minimum atomic E-state index is -1.60. The lowest BCUT2D eigenvalue weighted by molar-refractivity contribution is 0.0607. The summed E-state index contributed by atoms with van der Waals surface area (Å²) in [7, 11) is 0. The van der Waals surface area contributed by atoms with Crippen LogP contribution in [0.1, 0.15) is 26.3 Å². The fourth-order valence-electron chi connectivity index (χ4n) is 1.75. The van der Waals surface area contributed by atoms with E-state index in [1.807, 2.05) is 6.92 Å². The second-order valence-corrected chi connectivity index (χ2v) is 5.05. The van der Waals surface area contributed by atoms with E-state index in [1.54, 1.807) is 36.4 Å². The number of benzene rings is 2. The maximum atomic E-state index is 12.0. The average Bonchev–Trinajstić information content (AvgIpc) is 2.47. The normalized spacial score (nSPS) is 11.8. The standard InChI is InChI=1S/C16H14ClNO3/c1-10-2-4-12(5-3-10)15(20)18-16(21)14(19)11-6-8-13(17)9-7-11/h2-9,16,21H,1H3,(H,18,20)/t16-/m1/s1. The second-order valence-electron chi connectivity index (χ2n) is 4.61. The van der Waals surface area contributed by atoms with Crippen LogP contribution in [0.3, 0.4) is 0 Å². The summed E-state index contributed by atoms with van der Waals surface area (Å²) in [4.78, 5) is 23.9. The summed E-state index contributed by atoms with van der Waals surface area (Å²) in [6, 6.07) is 12.9. The molecule has 0 saturated heterocycles. The smallest absolute Gasteiger partial charge is 0.253 e. The minimum absolute atomic E-state index is 0.274. The van der Waals surface area contributed by atoms with E-state index in [2.05, 4.69) is 5.32 Å². The molecule has 21 heavy (non-hydrogen) atoms. The first kappa shape index (κ1) is 15.2. The van der Waals surface area contributed by atoms with Gasteiger partial charge in [-0.15, -0.1) is 0 Å². The quantitative estimate of drug-likeness (QED) is 0.674. The lowest BCUT2D eigenvalue weighted by atomic mass is 10.1. The third kappa shape index (κ3) is 3.90. The van der Waals surface area contributed by atoms with Crippen LogP contribution in [-0.4, -0.2) is 23.0 Å². The van der Waals surface area contributed by atoms with Gasteiger partial charge in [-0.2, -0.15) is 0 Å². The van der Waals surface area contributed by atoms with Crippen molar-refractivity contribution in [3.05, 3.63) is 70.2 Å². The average molecular weight is 304 g/mol. The van der Waals surface area contributed by atoms with Gasteiger partial charge in [0.2, 0.25) is 5.78 Å². The van der Waals surface area contributed by atoms with Gasteiger partial charge in [0.05, 0.1) is 0 Å². The van der Waals surface area contributed by atoms with Gasteiger partial charge in [-0.05, 0) is 43.3 Å². The summed E-state index contributed by atoms with van der Waals surface area (Å²) >= 11 is 5.73. The molecule has 0 bridgehead atoms. The van der Waals surface area contributed by atoms with Gasteiger partial charge < -0.3 is 10.4 Å². The summed E-state index contributed by atoms with van der Waals surface area (Å²) in [6.45, 7) is 1.90. The molecule has 0 unspecified atom stereocenters. The predicted octanol–water partition coefficient (Wildman–Crippen LogP) is 2.58. The molecule has 2 aromatic carbocycles. The van der Waals surface area contributed by atoms with Crippen molar-refractivity contribution in [3.63, 3.8) is 0 Å². The number of aliphatic hydroxyl groups excluding tert-OH is 1. The van der Waals surface area contributed by atoms with Crippen LogP contribution < -0.4 is 5.32 Å². The zero-order valence-electron chi connectivity index (χ0n) is 11.3. The number of Topliss-reactive ketones (excluding diaryl/α,β-unsaturated/α-hetero) is 1. The lowest BCUT2D eigenvalue weighted by Gasteiger charge is -2.12. The van der Waals surface area contributed by atoms with E-state index in [1.165, 1.54) is 12.1 Å². The van der Waals surface area contributed by atoms with Crippen molar-refractivity contribution in [2.45, 2.75) is 13.2 Å². The van der Waals surface area contributed by atoms with E-state index < -0.39 is 17.9 Å². The Kier molecular flexibility index (Phi) is 4.73. The highest BCUT2D eigenvalue weighted by Crippen LogP contribution is 2.11. The Bertz CT molecular complexity index is 650. The summed E-state index contributed by atoms with van der Waals surface area (Å²) in [5.74, 6) is -1.10. The SMILES string of the molecule is Cc1ccc(C(=O)N[C@H](O)C(=O)c2ccc(Cl)cc2)cc1. The zero-order chi connectivity index (χ0) is 15.4. The van der Waals surface area contributed by atoms with Gasteiger partial charge in [0.25, 0.3) is 5.91 Å². The Balaban J connectivity index is 2.05. The Hall–Kier alpha value is -2.17. The van der Waals surface area contributed by atoms with E-state index in [0.717, 1.165) is 5.56 Å². The number of ketones is 1. The molecule has 2 rings (SSSR count). The van der Waals surface area contributed by atoms with Gasteiger partial charge in [-0.25, -0.2) is 0 Å². The third-order valence-electron chi connectivity index (χ3n) is 2.96. The summed E-state index contributed by atoms with van der Waals surface area (Å²) in [6.07, 6.45) is -1.60. The molecule has 0 fully saturated rings. The molecule has 0 aliphatic rings. The van der Waals surface area contributed by atoms with Gasteiger partial charge in [-0.1, -0.05) is 29.3 Å². The number of amides is 1. The van der Waals surface area contributed by atoms with Crippen LogP contribution >= 0.6 is 11.6 Å². The number of rotatable bonds is 4. The van der Waals surface area contributed by atoms with E-state index in [4.69, 9.17) is 11.6 Å². The van der Waals surface area contributed by atoms with Crippen molar-refractivity contribution in [1.82, 2.24) is 5.32 Å². The number of halogens is 1. The molecule has 4 nitrogen and oxygen atoms in total. The molecule has 1 amide bonds. The van der Waals surface area contributed by atoms with Crippen LogP contribution in [0.5, 0.6) is 0 Å². The highest BCUT2D eigenvalue weighted by Gasteiger charge is 2.19. The number of aryl methyl sites for hydroxylation is 1. The van der Waals surface area contributed by atoms with Gasteiger partial charge in [0, 0.05) is 16.1 Å². The Morgan fingerprint density at radius 2 is 1.52 bits per heavy atom. The molecule has 0 saturated carbocycles. The molecule has 5 heteroatoms. The fourth-order valence-corrected chi connectivity index (χ4v) is 1.88. The van der Waals surface area contributed by atoms with E-state index in [-0.39, 0.29) is 5.56 Å². The number of hydrogen-bond acceptors (Lipinski definition) is 3. The second kappa shape index (κ2) is 6.52. The van der Waals surface area contributed by atoms with Crippen molar-refractivity contribution >= 4 is 23.3 Å². The molecule has 0 aliphatic carbocycles. The first-order chi connectivity index (χ1) is 9.97. The van der Waals surface area contributed by atoms with Crippen molar-refractivity contribution in [3.8, 4) is 0 Å². The molecule has 1 atom stereocenters. The summed E-state index contributed by atoms with van der Waals surface area (Å²) < 4.78 is 0. The number of carbonyl (C=O) groups is 2. The monoisotopic (exact) mass is 303 g/mol. The molecule has 0 radical (unpaired) electrons. The topological polar surface area (TPSA) is 66.4 Å². The highest BCUT2D eigenvalue weighted by molar-refractivity contribution is 6.30. The van der Waals surface area contributed by atoms with Crippen molar-refractivity contribution in [2.24, 2.45) is 0 Å². The van der Waals surface area contributed by atoms with Gasteiger partial charge >= 0.3 is 0 Å². The van der Waals surface area contributed by atoms with E-state index in [9.17, 15) is 14.7 Å². The van der Waals surface area contributed by atoms with Crippen LogP contribution in [0.2, 0.25) is 5.02 Å². The number of nitrogens with one attached hydrogen (secondary N) is 1. The molecule has 0 spiro atoms. The fraction of sp³-hybridized carbons (Fsp3) is 0.125. The van der Waals surface area contributed by atoms with Crippen molar-refractivity contribution in [1.29, 1.82) is 0 Å². The maximum Gasteiger partial charge on any atom is 0.253 e. The molecular formula is C16H14ClNO3. The Morgan fingerprint density at radius 3 is 2.10 bits per heavy atom. The molecule has 0 heterocycles. The zero-order valence-corrected chi connectivity index (χ0v) is 12.1. The predicted molar refractivity (Wildman–Crippen MR) is 80.4 cm³/mol. The van der Waals surface area contributed by atoms with Crippen molar-refractivity contribution < 1.29 is 14.7 Å². The Morgan fingerprint density at radius 1 is 1.00 bits per heavy atom. The molecule has 0 aromatic heterocycles. The summed E-state index contributed by atoms with van der Waals surface area (Å²) in [5.41, 5.74) is 1.67. The van der Waals surface area contributed by atoms with Crippen LogP contribution in [0, 0.1) is 6.92 Å². The molecule has 0 aliphatic heterocycles. The van der Waals surface area contributed by atoms with E-state index >= 15 is 0 Å². The van der Waals surface area contributed by atoms with Crippen LogP contribution in [-0.2, 0) is 0 Å². The van der Waals surface area contributed by atoms with E-state index in [0.29, 0.717) is 10.6 Å². The Labute approximate surface area is 127 Å². The summed E-state index contributed by atoms with van der Waals surface area (Å²) in [5, 5.41) is 12.6. The van der Waals surface area contributed by atoms with Crippen LogP contribution in [0.25, 0.3) is 0 Å². The number of aliphatic hydroxyl groups is 1. The first-order valence-electron chi connectivity index (χ1n) is 6.33. The number of carbonyl (C=O) groups excluding carboxylic acids is 2. The minimum Gasteiger partial charge on any atom is -0.367 e. The van der Waals surface area contributed by atoms with Crippen molar-refractivity contribution in [2.75, 3.05) is 0 Å². The van der Waals surface area contributed by atoms with Gasteiger partial charge in [0.15, 0.2) is 6.23 Å².